The lowest BCUT2D eigenvalue weighted by atomic mass is 10.1. The summed E-state index contributed by atoms with van der Waals surface area (Å²) in [6, 6.07) is 5.00. The fourth-order valence-electron chi connectivity index (χ4n) is 2.68. The molecule has 1 aromatic rings. The number of amides is 2. The molecular formula is C16H24N4O3. The second kappa shape index (κ2) is 7.41. The van der Waals surface area contributed by atoms with Crippen LogP contribution in [0.4, 0.5) is 16.2 Å². The summed E-state index contributed by atoms with van der Waals surface area (Å²) in [5, 5.41) is 13.7. The topological polar surface area (TPSA) is 78.7 Å². The van der Waals surface area contributed by atoms with Crippen LogP contribution in [-0.2, 0) is 6.42 Å². The third-order valence-electron chi connectivity index (χ3n) is 4.50. The van der Waals surface area contributed by atoms with Crippen LogP contribution in [0.1, 0.15) is 25.8 Å². The van der Waals surface area contributed by atoms with Crippen LogP contribution in [0.3, 0.4) is 0 Å². The molecule has 2 rings (SSSR count). The molecule has 1 aromatic carbocycles. The number of nitrogens with one attached hydrogen (secondary N) is 1. The van der Waals surface area contributed by atoms with Crippen molar-refractivity contribution in [1.29, 1.82) is 0 Å². The second-order valence-corrected chi connectivity index (χ2v) is 5.94. The molecule has 0 saturated heterocycles. The number of rotatable bonds is 6. The van der Waals surface area contributed by atoms with Crippen molar-refractivity contribution < 1.29 is 9.72 Å². The van der Waals surface area contributed by atoms with Gasteiger partial charge in [0.2, 0.25) is 0 Å². The number of urea groups is 1. The summed E-state index contributed by atoms with van der Waals surface area (Å²) >= 11 is 0. The first kappa shape index (κ1) is 17.2. The summed E-state index contributed by atoms with van der Waals surface area (Å²) in [5.41, 5.74) is 1.69. The lowest BCUT2D eigenvalue weighted by Gasteiger charge is -2.24. The smallest absolute Gasteiger partial charge is 0.321 e. The SMILES string of the molecule is CC[C@H](C)N(C)CCNC(=O)N1CCc2cc([N+](=O)[O-])ccc21. The number of nitro benzene ring substituents is 1. The Morgan fingerprint density at radius 2 is 2.26 bits per heavy atom. The first-order chi connectivity index (χ1) is 10.9. The normalized spacial score (nSPS) is 14.7. The van der Waals surface area contributed by atoms with E-state index in [1.165, 1.54) is 6.07 Å². The number of anilines is 1. The van der Waals surface area contributed by atoms with E-state index in [0.29, 0.717) is 25.6 Å². The Kier molecular flexibility index (Phi) is 5.54. The minimum atomic E-state index is -0.409. The Balaban J connectivity index is 1.92. The van der Waals surface area contributed by atoms with Crippen LogP contribution in [0.2, 0.25) is 0 Å². The Hall–Kier alpha value is -2.15. The molecule has 1 atom stereocenters. The van der Waals surface area contributed by atoms with Gasteiger partial charge in [-0.15, -0.1) is 0 Å². The standard InChI is InChI=1S/C16H24N4O3/c1-4-12(2)18(3)10-8-17-16(21)19-9-7-13-11-14(20(22)23)5-6-15(13)19/h5-6,11-12H,4,7-10H2,1-3H3,(H,17,21)/t12-/m0/s1. The van der Waals surface area contributed by atoms with Gasteiger partial charge in [-0.2, -0.15) is 0 Å². The number of likely N-dealkylation sites (N-methyl/N-ethyl adjacent to an activating group) is 1. The zero-order chi connectivity index (χ0) is 17.0. The Morgan fingerprint density at radius 1 is 1.52 bits per heavy atom. The number of hydrogen-bond acceptors (Lipinski definition) is 4. The number of carbonyl (C=O) groups excluding carboxylic acids is 1. The lowest BCUT2D eigenvalue weighted by Crippen LogP contribution is -2.43. The third kappa shape index (κ3) is 3.98. The molecule has 23 heavy (non-hydrogen) atoms. The van der Waals surface area contributed by atoms with Crippen LogP contribution in [0, 0.1) is 10.1 Å². The van der Waals surface area contributed by atoms with E-state index in [2.05, 4.69) is 24.1 Å². The maximum atomic E-state index is 12.3. The van der Waals surface area contributed by atoms with E-state index >= 15 is 0 Å². The van der Waals surface area contributed by atoms with Crippen molar-refractivity contribution in [1.82, 2.24) is 10.2 Å². The summed E-state index contributed by atoms with van der Waals surface area (Å²) < 4.78 is 0. The van der Waals surface area contributed by atoms with E-state index in [9.17, 15) is 14.9 Å². The molecule has 1 heterocycles. The summed E-state index contributed by atoms with van der Waals surface area (Å²) in [5.74, 6) is 0. The van der Waals surface area contributed by atoms with Gasteiger partial charge in [-0.05, 0) is 38.4 Å². The summed E-state index contributed by atoms with van der Waals surface area (Å²) in [6.45, 7) is 6.23. The molecular weight excluding hydrogens is 296 g/mol. The molecule has 0 bridgehead atoms. The summed E-state index contributed by atoms with van der Waals surface area (Å²) in [6.07, 6.45) is 1.72. The first-order valence-electron chi connectivity index (χ1n) is 7.97. The van der Waals surface area contributed by atoms with Crippen molar-refractivity contribution in [2.45, 2.75) is 32.7 Å². The first-order valence-corrected chi connectivity index (χ1v) is 7.97. The largest absolute Gasteiger partial charge is 0.336 e. The molecule has 0 fully saturated rings. The monoisotopic (exact) mass is 320 g/mol. The van der Waals surface area contributed by atoms with Gasteiger partial charge in [-0.3, -0.25) is 15.0 Å². The van der Waals surface area contributed by atoms with Crippen molar-refractivity contribution in [2.75, 3.05) is 31.6 Å². The Morgan fingerprint density at radius 3 is 2.91 bits per heavy atom. The van der Waals surface area contributed by atoms with Gasteiger partial charge < -0.3 is 10.2 Å². The van der Waals surface area contributed by atoms with Crippen LogP contribution in [-0.4, -0.2) is 48.6 Å². The fourth-order valence-corrected chi connectivity index (χ4v) is 2.68. The highest BCUT2D eigenvalue weighted by Crippen LogP contribution is 2.31. The minimum Gasteiger partial charge on any atom is -0.336 e. The molecule has 1 aliphatic heterocycles. The molecule has 0 unspecified atom stereocenters. The van der Waals surface area contributed by atoms with Crippen molar-refractivity contribution in [2.24, 2.45) is 0 Å². The molecule has 1 N–H and O–H groups in total. The molecule has 7 heteroatoms. The molecule has 0 aromatic heterocycles. The number of nitrogens with zero attached hydrogens (tertiary/aromatic N) is 3. The number of carbonyl (C=O) groups is 1. The van der Waals surface area contributed by atoms with Gasteiger partial charge in [0.05, 0.1) is 4.92 Å². The lowest BCUT2D eigenvalue weighted by molar-refractivity contribution is -0.384. The maximum absolute atomic E-state index is 12.3. The van der Waals surface area contributed by atoms with Crippen molar-refractivity contribution in [3.8, 4) is 0 Å². The van der Waals surface area contributed by atoms with Gasteiger partial charge in [0, 0.05) is 43.5 Å². The molecule has 0 saturated carbocycles. The van der Waals surface area contributed by atoms with E-state index < -0.39 is 4.92 Å². The van der Waals surface area contributed by atoms with E-state index in [-0.39, 0.29) is 11.7 Å². The Bertz CT molecular complexity index is 591. The van der Waals surface area contributed by atoms with E-state index in [0.717, 1.165) is 24.2 Å². The van der Waals surface area contributed by atoms with Crippen LogP contribution < -0.4 is 10.2 Å². The van der Waals surface area contributed by atoms with Crippen molar-refractivity contribution in [3.63, 3.8) is 0 Å². The summed E-state index contributed by atoms with van der Waals surface area (Å²) in [4.78, 5) is 26.6. The highest BCUT2D eigenvalue weighted by atomic mass is 16.6. The highest BCUT2D eigenvalue weighted by molar-refractivity contribution is 5.94. The zero-order valence-corrected chi connectivity index (χ0v) is 13.9. The molecule has 0 spiro atoms. The van der Waals surface area contributed by atoms with Crippen LogP contribution in [0.25, 0.3) is 0 Å². The van der Waals surface area contributed by atoms with Crippen molar-refractivity contribution >= 4 is 17.4 Å². The predicted molar refractivity (Wildman–Crippen MR) is 89.9 cm³/mol. The molecule has 7 nitrogen and oxygen atoms in total. The quantitative estimate of drug-likeness (QED) is 0.645. The zero-order valence-electron chi connectivity index (χ0n) is 13.9. The van der Waals surface area contributed by atoms with E-state index in [1.807, 2.05) is 7.05 Å². The Labute approximate surface area is 136 Å². The predicted octanol–water partition coefficient (Wildman–Crippen LogP) is 2.40. The van der Waals surface area contributed by atoms with Crippen LogP contribution >= 0.6 is 0 Å². The molecule has 0 radical (unpaired) electrons. The minimum absolute atomic E-state index is 0.0705. The van der Waals surface area contributed by atoms with E-state index in [4.69, 9.17) is 0 Å². The van der Waals surface area contributed by atoms with Gasteiger partial charge >= 0.3 is 6.03 Å². The number of non-ortho nitro benzene ring substituents is 1. The van der Waals surface area contributed by atoms with Crippen LogP contribution in [0.15, 0.2) is 18.2 Å². The summed E-state index contributed by atoms with van der Waals surface area (Å²) in [7, 11) is 2.05. The van der Waals surface area contributed by atoms with Gasteiger partial charge in [0.15, 0.2) is 0 Å². The maximum Gasteiger partial charge on any atom is 0.321 e. The third-order valence-corrected chi connectivity index (χ3v) is 4.50. The van der Waals surface area contributed by atoms with Gasteiger partial charge in [0.25, 0.3) is 5.69 Å². The molecule has 126 valence electrons. The number of hydrogen-bond donors (Lipinski definition) is 1. The van der Waals surface area contributed by atoms with Gasteiger partial charge in [-0.1, -0.05) is 6.92 Å². The second-order valence-electron chi connectivity index (χ2n) is 5.94. The van der Waals surface area contributed by atoms with Gasteiger partial charge in [-0.25, -0.2) is 4.79 Å². The number of fused-ring (bicyclic) bond motifs is 1. The highest BCUT2D eigenvalue weighted by Gasteiger charge is 2.26. The molecule has 2 amide bonds. The number of benzene rings is 1. The average molecular weight is 320 g/mol. The molecule has 1 aliphatic rings. The molecule has 0 aliphatic carbocycles. The van der Waals surface area contributed by atoms with Crippen molar-refractivity contribution in [3.05, 3.63) is 33.9 Å². The van der Waals surface area contributed by atoms with Gasteiger partial charge in [0.1, 0.15) is 0 Å². The van der Waals surface area contributed by atoms with E-state index in [1.54, 1.807) is 17.0 Å². The van der Waals surface area contributed by atoms with Crippen LogP contribution in [0.5, 0.6) is 0 Å². The average Bonchev–Trinajstić information content (AvgIpc) is 2.96. The number of nitro groups is 1. The fraction of sp³-hybridized carbons (Fsp3) is 0.562.